The first-order valence-electron chi connectivity index (χ1n) is 10.1. The summed E-state index contributed by atoms with van der Waals surface area (Å²) in [5, 5.41) is 5.58. The summed E-state index contributed by atoms with van der Waals surface area (Å²) in [5.41, 5.74) is 1.65. The van der Waals surface area contributed by atoms with Crippen molar-refractivity contribution in [3.63, 3.8) is 0 Å². The van der Waals surface area contributed by atoms with Gasteiger partial charge in [0.1, 0.15) is 0 Å². The molecule has 0 heterocycles. The Morgan fingerprint density at radius 3 is 2.22 bits per heavy atom. The molecule has 3 aromatic carbocycles. The summed E-state index contributed by atoms with van der Waals surface area (Å²) in [6.07, 6.45) is 0. The first-order valence-corrected chi connectivity index (χ1v) is 11.1. The van der Waals surface area contributed by atoms with Crippen molar-refractivity contribution < 1.29 is 19.1 Å². The van der Waals surface area contributed by atoms with Crippen molar-refractivity contribution in [3.05, 3.63) is 96.1 Å². The van der Waals surface area contributed by atoms with Gasteiger partial charge in [-0.15, -0.1) is 11.8 Å². The molecule has 0 saturated carbocycles. The second-order valence-corrected chi connectivity index (χ2v) is 8.01. The lowest BCUT2D eigenvalue weighted by Crippen LogP contribution is -2.28. The highest BCUT2D eigenvalue weighted by atomic mass is 32.2. The number of amides is 2. The highest BCUT2D eigenvalue weighted by Crippen LogP contribution is 2.19. The van der Waals surface area contributed by atoms with Crippen LogP contribution in [0.5, 0.6) is 0 Å². The highest BCUT2D eigenvalue weighted by molar-refractivity contribution is 8.00. The number of hydrogen-bond acceptors (Lipinski definition) is 5. The molecule has 2 amide bonds. The fraction of sp³-hybridized carbons (Fsp3) is 0.160. The van der Waals surface area contributed by atoms with Gasteiger partial charge in [0, 0.05) is 4.90 Å². The third-order valence-electron chi connectivity index (χ3n) is 4.56. The second-order valence-electron chi connectivity index (χ2n) is 6.96. The lowest BCUT2D eigenvalue weighted by atomic mass is 10.1. The summed E-state index contributed by atoms with van der Waals surface area (Å²) in [7, 11) is 0. The second kappa shape index (κ2) is 11.7. The summed E-state index contributed by atoms with van der Waals surface area (Å²) in [4.78, 5) is 37.9. The monoisotopic (exact) mass is 448 g/mol. The number of esters is 1. The third-order valence-corrected chi connectivity index (χ3v) is 5.54. The number of thioether (sulfide) groups is 1. The number of carbonyl (C=O) groups excluding carboxylic acids is 3. The molecule has 2 N–H and O–H groups in total. The van der Waals surface area contributed by atoms with Gasteiger partial charge in [-0.3, -0.25) is 14.4 Å². The Hall–Kier alpha value is -3.58. The SMILES string of the molecule is CC(NC(=O)c1ccccc1NC(=O)COC(=O)CSc1ccccc1)c1ccccc1. The van der Waals surface area contributed by atoms with E-state index in [2.05, 4.69) is 10.6 Å². The number of ether oxygens (including phenoxy) is 1. The molecule has 0 aromatic heterocycles. The number of para-hydroxylation sites is 1. The third kappa shape index (κ3) is 6.99. The maximum absolute atomic E-state index is 12.8. The molecule has 0 radical (unpaired) electrons. The molecule has 1 atom stereocenters. The van der Waals surface area contributed by atoms with Crippen LogP contribution in [0.2, 0.25) is 0 Å². The zero-order valence-electron chi connectivity index (χ0n) is 17.6. The lowest BCUT2D eigenvalue weighted by Gasteiger charge is -2.16. The van der Waals surface area contributed by atoms with Gasteiger partial charge in [0.25, 0.3) is 11.8 Å². The molecule has 0 aliphatic rings. The van der Waals surface area contributed by atoms with E-state index in [-0.39, 0.29) is 17.7 Å². The van der Waals surface area contributed by atoms with E-state index in [4.69, 9.17) is 4.74 Å². The summed E-state index contributed by atoms with van der Waals surface area (Å²) >= 11 is 1.34. The molecule has 7 heteroatoms. The zero-order valence-corrected chi connectivity index (χ0v) is 18.4. The zero-order chi connectivity index (χ0) is 22.8. The Bertz CT molecular complexity index is 1060. The largest absolute Gasteiger partial charge is 0.455 e. The highest BCUT2D eigenvalue weighted by Gasteiger charge is 2.16. The molecular weight excluding hydrogens is 424 g/mol. The van der Waals surface area contributed by atoms with E-state index in [0.717, 1.165) is 10.5 Å². The Morgan fingerprint density at radius 2 is 1.50 bits per heavy atom. The van der Waals surface area contributed by atoms with Crippen molar-refractivity contribution in [3.8, 4) is 0 Å². The van der Waals surface area contributed by atoms with Gasteiger partial charge in [-0.2, -0.15) is 0 Å². The van der Waals surface area contributed by atoms with Crippen LogP contribution in [0.4, 0.5) is 5.69 Å². The Morgan fingerprint density at radius 1 is 0.875 bits per heavy atom. The standard InChI is InChI=1S/C25H24N2O4S/c1-18(19-10-4-2-5-11-19)26-25(30)21-14-8-9-15-22(21)27-23(28)16-31-24(29)17-32-20-12-6-3-7-13-20/h2-15,18H,16-17H2,1H3,(H,26,30)(H,27,28). The van der Waals surface area contributed by atoms with E-state index in [1.807, 2.05) is 67.6 Å². The van der Waals surface area contributed by atoms with Crippen molar-refractivity contribution in [1.29, 1.82) is 0 Å². The van der Waals surface area contributed by atoms with Crippen molar-refractivity contribution in [2.45, 2.75) is 17.9 Å². The van der Waals surface area contributed by atoms with E-state index in [9.17, 15) is 14.4 Å². The molecule has 0 aliphatic heterocycles. The molecule has 0 saturated heterocycles. The maximum Gasteiger partial charge on any atom is 0.316 e. The summed E-state index contributed by atoms with van der Waals surface area (Å²) < 4.78 is 5.05. The number of anilines is 1. The van der Waals surface area contributed by atoms with E-state index >= 15 is 0 Å². The fourth-order valence-electron chi connectivity index (χ4n) is 2.92. The predicted molar refractivity (Wildman–Crippen MR) is 126 cm³/mol. The maximum atomic E-state index is 12.8. The van der Waals surface area contributed by atoms with Crippen LogP contribution < -0.4 is 10.6 Å². The van der Waals surface area contributed by atoms with Gasteiger partial charge in [-0.1, -0.05) is 60.7 Å². The average molecular weight is 449 g/mol. The number of nitrogens with one attached hydrogen (secondary N) is 2. The van der Waals surface area contributed by atoms with Gasteiger partial charge in [-0.25, -0.2) is 0 Å². The van der Waals surface area contributed by atoms with E-state index < -0.39 is 18.5 Å². The molecule has 32 heavy (non-hydrogen) atoms. The van der Waals surface area contributed by atoms with Crippen LogP contribution in [-0.2, 0) is 14.3 Å². The quantitative estimate of drug-likeness (QED) is 0.373. The van der Waals surface area contributed by atoms with Gasteiger partial charge >= 0.3 is 5.97 Å². The van der Waals surface area contributed by atoms with Gasteiger partial charge < -0.3 is 15.4 Å². The summed E-state index contributed by atoms with van der Waals surface area (Å²) in [5.74, 6) is -1.21. The fourth-order valence-corrected chi connectivity index (χ4v) is 3.64. The number of carbonyl (C=O) groups is 3. The van der Waals surface area contributed by atoms with Crippen LogP contribution in [0.15, 0.2) is 89.8 Å². The number of hydrogen-bond donors (Lipinski definition) is 2. The van der Waals surface area contributed by atoms with Gasteiger partial charge in [0.15, 0.2) is 6.61 Å². The van der Waals surface area contributed by atoms with Crippen molar-refractivity contribution in [1.82, 2.24) is 5.32 Å². The van der Waals surface area contributed by atoms with Crippen LogP contribution in [-0.4, -0.2) is 30.1 Å². The van der Waals surface area contributed by atoms with E-state index in [1.54, 1.807) is 24.3 Å². The van der Waals surface area contributed by atoms with Crippen LogP contribution in [0.1, 0.15) is 28.9 Å². The molecule has 6 nitrogen and oxygen atoms in total. The minimum absolute atomic E-state index is 0.105. The molecule has 3 aromatic rings. The van der Waals surface area contributed by atoms with Crippen LogP contribution in [0.3, 0.4) is 0 Å². The van der Waals surface area contributed by atoms with Gasteiger partial charge in [0.2, 0.25) is 0 Å². The Kier molecular flexibility index (Phi) is 8.45. The molecule has 1 unspecified atom stereocenters. The topological polar surface area (TPSA) is 84.5 Å². The van der Waals surface area contributed by atoms with Crippen LogP contribution in [0, 0.1) is 0 Å². The van der Waals surface area contributed by atoms with Crippen molar-refractivity contribution in [2.75, 3.05) is 17.7 Å². The smallest absolute Gasteiger partial charge is 0.316 e. The normalized spacial score (nSPS) is 11.3. The number of benzene rings is 3. The van der Waals surface area contributed by atoms with Gasteiger partial charge in [0.05, 0.1) is 23.0 Å². The minimum Gasteiger partial charge on any atom is -0.455 e. The minimum atomic E-state index is -0.514. The molecule has 0 aliphatic carbocycles. The predicted octanol–water partition coefficient (Wildman–Crippen LogP) is 4.45. The Labute approximate surface area is 191 Å². The number of rotatable bonds is 9. The molecule has 0 fully saturated rings. The Balaban J connectivity index is 1.52. The van der Waals surface area contributed by atoms with Crippen LogP contribution >= 0.6 is 11.8 Å². The lowest BCUT2D eigenvalue weighted by molar-refractivity contribution is -0.144. The molecular formula is C25H24N2O4S. The molecule has 3 rings (SSSR count). The first kappa shape index (κ1) is 23.1. The average Bonchev–Trinajstić information content (AvgIpc) is 2.83. The van der Waals surface area contributed by atoms with Crippen molar-refractivity contribution >= 4 is 35.2 Å². The van der Waals surface area contributed by atoms with E-state index in [1.165, 1.54) is 11.8 Å². The van der Waals surface area contributed by atoms with Gasteiger partial charge in [-0.05, 0) is 36.8 Å². The van der Waals surface area contributed by atoms with E-state index in [0.29, 0.717) is 11.3 Å². The summed E-state index contributed by atoms with van der Waals surface area (Å²) in [6, 6.07) is 25.6. The van der Waals surface area contributed by atoms with Crippen molar-refractivity contribution in [2.24, 2.45) is 0 Å². The van der Waals surface area contributed by atoms with Crippen LogP contribution in [0.25, 0.3) is 0 Å². The molecule has 164 valence electrons. The molecule has 0 spiro atoms. The first-order chi connectivity index (χ1) is 15.5. The molecule has 0 bridgehead atoms. The summed E-state index contributed by atoms with van der Waals surface area (Å²) in [6.45, 7) is 1.46.